The van der Waals surface area contributed by atoms with Gasteiger partial charge in [-0.1, -0.05) is 56.3 Å². The van der Waals surface area contributed by atoms with Crippen molar-refractivity contribution in [3.63, 3.8) is 0 Å². The van der Waals surface area contributed by atoms with Crippen molar-refractivity contribution in [2.24, 2.45) is 5.92 Å². The zero-order valence-corrected chi connectivity index (χ0v) is 16.4. The number of carbonyl (C=O) groups is 1. The third-order valence-electron chi connectivity index (χ3n) is 5.02. The molecule has 134 valence electrons. The van der Waals surface area contributed by atoms with Crippen LogP contribution in [0.3, 0.4) is 0 Å². The van der Waals surface area contributed by atoms with Gasteiger partial charge in [0, 0.05) is 36.2 Å². The maximum Gasteiger partial charge on any atom is 0.329 e. The molecule has 0 unspecified atom stereocenters. The first-order valence-electron chi connectivity index (χ1n) is 9.08. The lowest BCUT2D eigenvalue weighted by molar-refractivity contribution is 0.229. The number of hydrogen-bond acceptors (Lipinski definition) is 2. The Morgan fingerprint density at radius 3 is 2.77 bits per heavy atom. The molecule has 1 aromatic heterocycles. The highest BCUT2D eigenvalue weighted by Crippen LogP contribution is 2.42. The molecule has 2 aromatic rings. The molecule has 0 atom stereocenters. The van der Waals surface area contributed by atoms with E-state index in [4.69, 9.17) is 0 Å². The van der Waals surface area contributed by atoms with Gasteiger partial charge in [-0.05, 0) is 29.5 Å². The molecule has 3 nitrogen and oxygen atoms in total. The van der Waals surface area contributed by atoms with Crippen LogP contribution in [0.15, 0.2) is 42.5 Å². The quantitative estimate of drug-likeness (QED) is 0.710. The molecule has 2 aliphatic rings. The van der Waals surface area contributed by atoms with Crippen molar-refractivity contribution in [3.8, 4) is 0 Å². The van der Waals surface area contributed by atoms with Gasteiger partial charge in [-0.25, -0.2) is 4.79 Å². The number of thiophene rings is 1. The van der Waals surface area contributed by atoms with Gasteiger partial charge in [0.15, 0.2) is 0 Å². The predicted molar refractivity (Wildman–Crippen MR) is 111 cm³/mol. The van der Waals surface area contributed by atoms with Crippen LogP contribution in [0.5, 0.6) is 0 Å². The van der Waals surface area contributed by atoms with Crippen molar-refractivity contribution in [1.29, 1.82) is 0 Å². The van der Waals surface area contributed by atoms with Crippen LogP contribution in [-0.2, 0) is 12.8 Å². The highest BCUT2D eigenvalue weighted by atomic mass is 32.1. The molecule has 0 radical (unpaired) electrons. The molecule has 0 bridgehead atoms. The summed E-state index contributed by atoms with van der Waals surface area (Å²) in [6.45, 7) is 9.17. The number of urea groups is 1. The molecule has 0 saturated carbocycles. The minimum Gasteiger partial charge on any atom is -0.297 e. The molecule has 0 spiro atoms. The Morgan fingerprint density at radius 2 is 2.04 bits per heavy atom. The molecule has 1 aliphatic carbocycles. The molecule has 0 saturated heterocycles. The summed E-state index contributed by atoms with van der Waals surface area (Å²) >= 11 is 1.74. The Morgan fingerprint density at radius 1 is 1.27 bits per heavy atom. The lowest BCUT2D eigenvalue weighted by Gasteiger charge is -2.35. The van der Waals surface area contributed by atoms with Gasteiger partial charge in [-0.3, -0.25) is 9.80 Å². The summed E-state index contributed by atoms with van der Waals surface area (Å²) in [5, 5.41) is 1.05. The van der Waals surface area contributed by atoms with Crippen molar-refractivity contribution < 1.29 is 4.79 Å². The van der Waals surface area contributed by atoms with E-state index < -0.39 is 0 Å². The number of hydrogen-bond donors (Lipinski definition) is 0. The summed E-state index contributed by atoms with van der Waals surface area (Å²) in [5.74, 6) is 0.421. The first-order valence-corrected chi connectivity index (χ1v) is 9.90. The van der Waals surface area contributed by atoms with E-state index in [-0.39, 0.29) is 6.03 Å². The first-order chi connectivity index (χ1) is 12.4. The van der Waals surface area contributed by atoms with Gasteiger partial charge in [0.25, 0.3) is 0 Å². The van der Waals surface area contributed by atoms with Gasteiger partial charge < -0.3 is 0 Å². The lowest BCUT2D eigenvalue weighted by Crippen LogP contribution is -2.45. The van der Waals surface area contributed by atoms with E-state index in [9.17, 15) is 4.79 Å². The van der Waals surface area contributed by atoms with Crippen molar-refractivity contribution >= 4 is 34.1 Å². The SMILES string of the molecule is C=C1c2cc(CC3=Cc4ccccc4C3)sc2N(CC(C)C)C(=O)N1C. The third-order valence-corrected chi connectivity index (χ3v) is 6.18. The summed E-state index contributed by atoms with van der Waals surface area (Å²) in [6.07, 6.45) is 4.27. The minimum atomic E-state index is 0.0251. The summed E-state index contributed by atoms with van der Waals surface area (Å²) in [6, 6.07) is 10.8. The number of carbonyl (C=O) groups excluding carboxylic acids is 1. The summed E-state index contributed by atoms with van der Waals surface area (Å²) < 4.78 is 0. The molecule has 1 aliphatic heterocycles. The average Bonchev–Trinajstić information content (AvgIpc) is 3.20. The zero-order valence-electron chi connectivity index (χ0n) is 15.6. The van der Waals surface area contributed by atoms with Gasteiger partial charge in [-0.2, -0.15) is 0 Å². The monoisotopic (exact) mass is 364 g/mol. The van der Waals surface area contributed by atoms with Crippen molar-refractivity contribution in [2.45, 2.75) is 26.7 Å². The van der Waals surface area contributed by atoms with Gasteiger partial charge in [-0.15, -0.1) is 11.3 Å². The summed E-state index contributed by atoms with van der Waals surface area (Å²) in [7, 11) is 1.81. The Hall–Kier alpha value is -2.33. The van der Waals surface area contributed by atoms with Crippen LogP contribution in [-0.4, -0.2) is 24.5 Å². The fourth-order valence-corrected chi connectivity index (χ4v) is 4.94. The maximum atomic E-state index is 12.7. The first kappa shape index (κ1) is 17.1. The van der Waals surface area contributed by atoms with E-state index >= 15 is 0 Å². The fraction of sp³-hybridized carbons (Fsp3) is 0.318. The normalized spacial score (nSPS) is 16.2. The molecule has 2 amide bonds. The largest absolute Gasteiger partial charge is 0.329 e. The van der Waals surface area contributed by atoms with Crippen LogP contribution in [0.25, 0.3) is 11.8 Å². The Balaban J connectivity index is 1.63. The summed E-state index contributed by atoms with van der Waals surface area (Å²) in [4.78, 5) is 17.6. The number of fused-ring (bicyclic) bond motifs is 2. The molecule has 0 N–H and O–H groups in total. The third kappa shape index (κ3) is 2.88. The Labute approximate surface area is 159 Å². The van der Waals surface area contributed by atoms with E-state index in [0.29, 0.717) is 5.92 Å². The van der Waals surface area contributed by atoms with Crippen LogP contribution in [0, 0.1) is 5.92 Å². The molecule has 4 heteroatoms. The van der Waals surface area contributed by atoms with E-state index in [1.165, 1.54) is 21.6 Å². The second-order valence-electron chi connectivity index (χ2n) is 7.58. The number of nitrogens with zero attached hydrogens (tertiary/aromatic N) is 2. The molecular formula is C22H24N2OS. The fourth-order valence-electron chi connectivity index (χ4n) is 3.70. The maximum absolute atomic E-state index is 12.7. The molecule has 26 heavy (non-hydrogen) atoms. The number of benzene rings is 1. The Bertz CT molecular complexity index is 922. The predicted octanol–water partition coefficient (Wildman–Crippen LogP) is 5.43. The number of anilines is 1. The molecule has 4 rings (SSSR count). The topological polar surface area (TPSA) is 23.6 Å². The Kier molecular flexibility index (Phi) is 4.23. The van der Waals surface area contributed by atoms with E-state index in [1.807, 2.05) is 11.9 Å². The zero-order chi connectivity index (χ0) is 18.4. The van der Waals surface area contributed by atoms with Crippen molar-refractivity contribution in [1.82, 2.24) is 4.90 Å². The van der Waals surface area contributed by atoms with E-state index in [1.54, 1.807) is 16.2 Å². The molecule has 0 fully saturated rings. The van der Waals surface area contributed by atoms with E-state index in [0.717, 1.165) is 35.6 Å². The van der Waals surface area contributed by atoms with Crippen LogP contribution < -0.4 is 4.90 Å². The van der Waals surface area contributed by atoms with Gasteiger partial charge in [0.05, 0.1) is 0 Å². The van der Waals surface area contributed by atoms with Gasteiger partial charge in [0.1, 0.15) is 5.00 Å². The van der Waals surface area contributed by atoms with Crippen molar-refractivity contribution in [3.05, 3.63) is 64.1 Å². The van der Waals surface area contributed by atoms with Crippen LogP contribution in [0.2, 0.25) is 0 Å². The number of rotatable bonds is 4. The molecule has 1 aromatic carbocycles. The number of amides is 2. The summed E-state index contributed by atoms with van der Waals surface area (Å²) in [5.41, 5.74) is 6.08. The average molecular weight is 365 g/mol. The lowest BCUT2D eigenvalue weighted by atomic mass is 10.1. The number of allylic oxidation sites excluding steroid dienone is 1. The molecule has 2 heterocycles. The second kappa shape index (κ2) is 6.44. The van der Waals surface area contributed by atoms with Crippen LogP contribution in [0.4, 0.5) is 9.80 Å². The molecular weight excluding hydrogens is 340 g/mol. The van der Waals surface area contributed by atoms with Crippen LogP contribution >= 0.6 is 11.3 Å². The van der Waals surface area contributed by atoms with Crippen molar-refractivity contribution in [2.75, 3.05) is 18.5 Å². The van der Waals surface area contributed by atoms with Gasteiger partial charge >= 0.3 is 6.03 Å². The highest BCUT2D eigenvalue weighted by molar-refractivity contribution is 7.16. The standard InChI is InChI=1S/C22H24N2OS/c1-14(2)13-24-21-20(15(3)23(4)22(24)25)12-19(26-21)11-16-9-17-7-5-6-8-18(17)10-16/h5-9,12,14H,3,10-11,13H2,1-2,4H3. The van der Waals surface area contributed by atoms with Crippen LogP contribution in [0.1, 0.15) is 35.4 Å². The van der Waals surface area contributed by atoms with Gasteiger partial charge in [0.2, 0.25) is 0 Å². The smallest absolute Gasteiger partial charge is 0.297 e. The highest BCUT2D eigenvalue weighted by Gasteiger charge is 2.33. The minimum absolute atomic E-state index is 0.0251. The second-order valence-corrected chi connectivity index (χ2v) is 8.69. The van der Waals surface area contributed by atoms with E-state index in [2.05, 4.69) is 56.8 Å².